The summed E-state index contributed by atoms with van der Waals surface area (Å²) in [5.74, 6) is -1.42. The molecule has 0 fully saturated rings. The van der Waals surface area contributed by atoms with Gasteiger partial charge in [0.2, 0.25) is 11.5 Å². The Morgan fingerprint density at radius 3 is 1.77 bits per heavy atom. The molecule has 0 atom stereocenters. The van der Waals surface area contributed by atoms with Crippen LogP contribution < -0.4 is 0 Å². The van der Waals surface area contributed by atoms with E-state index in [0.29, 0.717) is 16.5 Å². The second-order valence-corrected chi connectivity index (χ2v) is 7.42. The van der Waals surface area contributed by atoms with Gasteiger partial charge >= 0.3 is 0 Å². The van der Waals surface area contributed by atoms with Crippen LogP contribution in [0.3, 0.4) is 0 Å². The third-order valence-corrected chi connectivity index (χ3v) is 5.77. The highest BCUT2D eigenvalue weighted by Crippen LogP contribution is 2.54. The fraction of sp³-hybridized carbons (Fsp3) is 0. The molecule has 0 saturated heterocycles. The molecular weight excluding hydrogens is 376 g/mol. The standard InChI is InChI=1S/C26H16O4/c27-23-22(21-18-11-5-6-12-19(18)30-26(21)25(29)24(23)28)20-16-9-3-1-7-14(16)13-15-8-2-4-10-17(15)20/h1-13,27-29H. The third-order valence-electron chi connectivity index (χ3n) is 5.77. The molecule has 4 nitrogen and oxygen atoms in total. The maximum absolute atomic E-state index is 11.1. The van der Waals surface area contributed by atoms with Gasteiger partial charge in [-0.05, 0) is 33.7 Å². The van der Waals surface area contributed by atoms with Gasteiger partial charge in [-0.1, -0.05) is 66.7 Å². The van der Waals surface area contributed by atoms with Crippen LogP contribution in [-0.4, -0.2) is 15.3 Å². The van der Waals surface area contributed by atoms with Gasteiger partial charge in [0.25, 0.3) is 0 Å². The first kappa shape index (κ1) is 16.7. The van der Waals surface area contributed by atoms with E-state index in [2.05, 4.69) is 6.07 Å². The molecule has 30 heavy (non-hydrogen) atoms. The lowest BCUT2D eigenvalue weighted by Gasteiger charge is -2.15. The van der Waals surface area contributed by atoms with Crippen molar-refractivity contribution in [2.75, 3.05) is 0 Å². The van der Waals surface area contributed by atoms with Gasteiger partial charge in [-0.2, -0.15) is 0 Å². The lowest BCUT2D eigenvalue weighted by Crippen LogP contribution is -1.88. The Kier molecular flexibility index (Phi) is 3.30. The quantitative estimate of drug-likeness (QED) is 0.216. The lowest BCUT2D eigenvalue weighted by molar-refractivity contribution is 0.368. The molecule has 0 bridgehead atoms. The van der Waals surface area contributed by atoms with Gasteiger partial charge in [0.1, 0.15) is 5.58 Å². The molecule has 0 aliphatic heterocycles. The molecule has 0 unspecified atom stereocenters. The number of para-hydroxylation sites is 1. The number of benzene rings is 5. The van der Waals surface area contributed by atoms with E-state index < -0.39 is 11.5 Å². The zero-order chi connectivity index (χ0) is 20.4. The fourth-order valence-electron chi connectivity index (χ4n) is 4.44. The van der Waals surface area contributed by atoms with Crippen LogP contribution in [0.5, 0.6) is 17.2 Å². The van der Waals surface area contributed by atoms with Crippen molar-refractivity contribution < 1.29 is 19.7 Å². The minimum absolute atomic E-state index is 0.151. The van der Waals surface area contributed by atoms with E-state index >= 15 is 0 Å². The summed E-state index contributed by atoms with van der Waals surface area (Å²) in [6.45, 7) is 0. The van der Waals surface area contributed by atoms with Crippen LogP contribution in [0.25, 0.3) is 54.6 Å². The molecule has 0 aliphatic carbocycles. The van der Waals surface area contributed by atoms with Crippen molar-refractivity contribution in [3.63, 3.8) is 0 Å². The maximum atomic E-state index is 11.1. The molecule has 4 heteroatoms. The molecule has 144 valence electrons. The van der Waals surface area contributed by atoms with Crippen LogP contribution in [0.1, 0.15) is 0 Å². The number of phenols is 3. The van der Waals surface area contributed by atoms with Gasteiger partial charge in [0.05, 0.1) is 0 Å². The Bertz CT molecular complexity index is 1570. The summed E-state index contributed by atoms with van der Waals surface area (Å²) in [5.41, 5.74) is 1.95. The normalized spacial score (nSPS) is 11.7. The van der Waals surface area contributed by atoms with E-state index in [1.165, 1.54) is 0 Å². The van der Waals surface area contributed by atoms with Gasteiger partial charge in [-0.15, -0.1) is 0 Å². The zero-order valence-corrected chi connectivity index (χ0v) is 15.8. The molecule has 0 amide bonds. The van der Waals surface area contributed by atoms with E-state index in [0.717, 1.165) is 32.5 Å². The second-order valence-electron chi connectivity index (χ2n) is 7.42. The summed E-state index contributed by atoms with van der Waals surface area (Å²) in [7, 11) is 0. The average Bonchev–Trinajstić information content (AvgIpc) is 3.17. The first-order valence-corrected chi connectivity index (χ1v) is 9.64. The van der Waals surface area contributed by atoms with Crippen LogP contribution in [0.2, 0.25) is 0 Å². The average molecular weight is 392 g/mol. The Morgan fingerprint density at radius 2 is 1.10 bits per heavy atom. The Balaban J connectivity index is 1.95. The summed E-state index contributed by atoms with van der Waals surface area (Å²) >= 11 is 0. The third kappa shape index (κ3) is 2.10. The largest absolute Gasteiger partial charge is 0.504 e. The monoisotopic (exact) mass is 392 g/mol. The summed E-state index contributed by atoms with van der Waals surface area (Å²) in [5, 5.41) is 37.4. The van der Waals surface area contributed by atoms with Gasteiger partial charge in [0.15, 0.2) is 11.3 Å². The van der Waals surface area contributed by atoms with Crippen LogP contribution in [0, 0.1) is 0 Å². The number of phenolic OH excluding ortho intramolecular Hbond substituents is 3. The van der Waals surface area contributed by atoms with Crippen molar-refractivity contribution >= 4 is 43.5 Å². The number of hydrogen-bond acceptors (Lipinski definition) is 4. The lowest BCUT2D eigenvalue weighted by atomic mass is 9.89. The van der Waals surface area contributed by atoms with Crippen molar-refractivity contribution in [2.45, 2.75) is 0 Å². The SMILES string of the molecule is Oc1c(O)c(-c2c3ccccc3cc3ccccc23)c2c(oc3ccccc32)c1O. The molecule has 6 rings (SSSR count). The predicted octanol–water partition coefficient (Wildman–Crippen LogP) is 6.68. The minimum atomic E-state index is -0.589. The molecule has 0 radical (unpaired) electrons. The molecular formula is C26H16O4. The van der Waals surface area contributed by atoms with Gasteiger partial charge in [0, 0.05) is 21.9 Å². The van der Waals surface area contributed by atoms with Crippen molar-refractivity contribution in [1.82, 2.24) is 0 Å². The Hall–Kier alpha value is -4.18. The van der Waals surface area contributed by atoms with E-state index in [9.17, 15) is 15.3 Å². The highest BCUT2D eigenvalue weighted by molar-refractivity contribution is 6.23. The molecule has 6 aromatic rings. The molecule has 5 aromatic carbocycles. The van der Waals surface area contributed by atoms with E-state index in [1.807, 2.05) is 66.7 Å². The van der Waals surface area contributed by atoms with Crippen molar-refractivity contribution in [3.05, 3.63) is 78.9 Å². The second kappa shape index (κ2) is 5.91. The Labute approximate surface area is 170 Å². The van der Waals surface area contributed by atoms with Gasteiger partial charge < -0.3 is 19.7 Å². The fourth-order valence-corrected chi connectivity index (χ4v) is 4.44. The molecule has 0 spiro atoms. The molecule has 0 aliphatic rings. The number of aromatic hydroxyl groups is 3. The molecule has 0 saturated carbocycles. The van der Waals surface area contributed by atoms with E-state index in [-0.39, 0.29) is 11.3 Å². The number of rotatable bonds is 1. The van der Waals surface area contributed by atoms with Crippen LogP contribution in [0.4, 0.5) is 0 Å². The first-order valence-electron chi connectivity index (χ1n) is 9.64. The summed E-state index contributed by atoms with van der Waals surface area (Å²) in [4.78, 5) is 0. The topological polar surface area (TPSA) is 73.8 Å². The zero-order valence-electron chi connectivity index (χ0n) is 15.8. The Morgan fingerprint density at radius 1 is 0.533 bits per heavy atom. The highest BCUT2D eigenvalue weighted by atomic mass is 16.4. The molecule has 1 heterocycles. The number of hydrogen-bond donors (Lipinski definition) is 3. The molecule has 1 aromatic heterocycles. The van der Waals surface area contributed by atoms with Gasteiger partial charge in [-0.3, -0.25) is 0 Å². The van der Waals surface area contributed by atoms with Crippen LogP contribution in [-0.2, 0) is 0 Å². The summed E-state index contributed by atoms with van der Waals surface area (Å²) in [6, 6.07) is 25.4. The predicted molar refractivity (Wildman–Crippen MR) is 119 cm³/mol. The van der Waals surface area contributed by atoms with Gasteiger partial charge in [-0.25, -0.2) is 0 Å². The number of fused-ring (bicyclic) bond motifs is 5. The number of furan rings is 1. The smallest absolute Gasteiger partial charge is 0.205 e. The van der Waals surface area contributed by atoms with Crippen molar-refractivity contribution in [2.24, 2.45) is 0 Å². The first-order chi connectivity index (χ1) is 14.6. The van der Waals surface area contributed by atoms with E-state index in [1.54, 1.807) is 6.07 Å². The maximum Gasteiger partial charge on any atom is 0.205 e. The van der Waals surface area contributed by atoms with E-state index in [4.69, 9.17) is 4.42 Å². The summed E-state index contributed by atoms with van der Waals surface area (Å²) < 4.78 is 5.88. The van der Waals surface area contributed by atoms with Crippen molar-refractivity contribution in [1.29, 1.82) is 0 Å². The minimum Gasteiger partial charge on any atom is -0.504 e. The van der Waals surface area contributed by atoms with Crippen LogP contribution in [0.15, 0.2) is 83.3 Å². The summed E-state index contributed by atoms with van der Waals surface area (Å²) in [6.07, 6.45) is 0. The van der Waals surface area contributed by atoms with Crippen molar-refractivity contribution in [3.8, 4) is 28.4 Å². The van der Waals surface area contributed by atoms with Crippen LogP contribution >= 0.6 is 0 Å². The highest BCUT2D eigenvalue weighted by Gasteiger charge is 2.26. The molecule has 3 N–H and O–H groups in total.